The Kier molecular flexibility index (Phi) is 6.32. The molecule has 0 spiro atoms. The predicted molar refractivity (Wildman–Crippen MR) is 91.6 cm³/mol. The van der Waals surface area contributed by atoms with Crippen molar-refractivity contribution in [1.82, 2.24) is 10.2 Å². The van der Waals surface area contributed by atoms with Crippen LogP contribution in [-0.2, 0) is 9.47 Å². The summed E-state index contributed by atoms with van der Waals surface area (Å²) in [7, 11) is 0. The molecule has 2 aliphatic heterocycles. The highest BCUT2D eigenvalue weighted by Gasteiger charge is 2.34. The normalized spacial score (nSPS) is 27.0. The van der Waals surface area contributed by atoms with Crippen LogP contribution in [0, 0.1) is 11.3 Å². The number of carbonyl (C=O) groups excluding carboxylic acids is 1. The third-order valence-electron chi connectivity index (χ3n) is 4.76. The Morgan fingerprint density at radius 1 is 1.35 bits per heavy atom. The Hall–Kier alpha value is -0.810. The second-order valence-corrected chi connectivity index (χ2v) is 8.50. The number of likely N-dealkylation sites (tertiary alicyclic amines) is 1. The predicted octanol–water partition coefficient (Wildman–Crippen LogP) is 3.04. The van der Waals surface area contributed by atoms with Gasteiger partial charge in [-0.1, -0.05) is 6.92 Å². The van der Waals surface area contributed by atoms with Crippen molar-refractivity contribution in [3.05, 3.63) is 0 Å². The van der Waals surface area contributed by atoms with Gasteiger partial charge in [-0.05, 0) is 64.3 Å². The lowest BCUT2D eigenvalue weighted by molar-refractivity contribution is 0.00633. The van der Waals surface area contributed by atoms with Crippen LogP contribution in [0.3, 0.4) is 0 Å². The second kappa shape index (κ2) is 7.84. The van der Waals surface area contributed by atoms with E-state index in [4.69, 9.17) is 9.47 Å². The van der Waals surface area contributed by atoms with E-state index in [1.165, 1.54) is 0 Å². The number of hydrogen-bond donors (Lipinski definition) is 1. The SMILES string of the molecule is CC1(CNCC2CCOCC2)CCCN(C(=O)OC(C)(C)C)C1. The molecule has 1 unspecified atom stereocenters. The summed E-state index contributed by atoms with van der Waals surface area (Å²) < 4.78 is 10.9. The first-order valence-electron chi connectivity index (χ1n) is 9.04. The summed E-state index contributed by atoms with van der Waals surface area (Å²) in [5, 5.41) is 3.64. The molecule has 0 radical (unpaired) electrons. The van der Waals surface area contributed by atoms with E-state index in [0.717, 1.165) is 71.0 Å². The van der Waals surface area contributed by atoms with E-state index in [9.17, 15) is 4.79 Å². The van der Waals surface area contributed by atoms with Gasteiger partial charge in [0.05, 0.1) is 0 Å². The number of piperidine rings is 1. The fraction of sp³-hybridized carbons (Fsp3) is 0.944. The zero-order valence-electron chi connectivity index (χ0n) is 15.3. The molecule has 5 nitrogen and oxygen atoms in total. The van der Waals surface area contributed by atoms with Gasteiger partial charge in [0.15, 0.2) is 0 Å². The fourth-order valence-electron chi connectivity index (χ4n) is 3.47. The van der Waals surface area contributed by atoms with E-state index >= 15 is 0 Å². The maximum Gasteiger partial charge on any atom is 0.410 e. The number of ether oxygens (including phenoxy) is 2. The summed E-state index contributed by atoms with van der Waals surface area (Å²) >= 11 is 0. The average Bonchev–Trinajstić information content (AvgIpc) is 2.46. The molecular weight excluding hydrogens is 292 g/mol. The van der Waals surface area contributed by atoms with Crippen molar-refractivity contribution in [3.63, 3.8) is 0 Å². The van der Waals surface area contributed by atoms with Crippen molar-refractivity contribution in [2.75, 3.05) is 39.4 Å². The maximum absolute atomic E-state index is 12.3. The van der Waals surface area contributed by atoms with Crippen molar-refractivity contribution in [1.29, 1.82) is 0 Å². The topological polar surface area (TPSA) is 50.8 Å². The molecule has 0 aromatic heterocycles. The quantitative estimate of drug-likeness (QED) is 0.863. The highest BCUT2D eigenvalue weighted by Crippen LogP contribution is 2.30. The zero-order valence-corrected chi connectivity index (χ0v) is 15.3. The van der Waals surface area contributed by atoms with E-state index in [1.54, 1.807) is 0 Å². The first-order valence-corrected chi connectivity index (χ1v) is 9.04. The molecule has 0 aliphatic carbocycles. The van der Waals surface area contributed by atoms with E-state index in [-0.39, 0.29) is 11.5 Å². The average molecular weight is 326 g/mol. The molecular formula is C18H34N2O3. The summed E-state index contributed by atoms with van der Waals surface area (Å²) in [6, 6.07) is 0. The van der Waals surface area contributed by atoms with Crippen molar-refractivity contribution >= 4 is 6.09 Å². The fourth-order valence-corrected chi connectivity index (χ4v) is 3.47. The van der Waals surface area contributed by atoms with Crippen LogP contribution >= 0.6 is 0 Å². The van der Waals surface area contributed by atoms with Gasteiger partial charge >= 0.3 is 6.09 Å². The Labute approximate surface area is 141 Å². The Morgan fingerprint density at radius 3 is 2.70 bits per heavy atom. The van der Waals surface area contributed by atoms with Crippen LogP contribution in [0.4, 0.5) is 4.79 Å². The van der Waals surface area contributed by atoms with Crippen LogP contribution < -0.4 is 5.32 Å². The lowest BCUT2D eigenvalue weighted by atomic mass is 9.81. The van der Waals surface area contributed by atoms with E-state index in [2.05, 4.69) is 12.2 Å². The van der Waals surface area contributed by atoms with Gasteiger partial charge in [0.2, 0.25) is 0 Å². The summed E-state index contributed by atoms with van der Waals surface area (Å²) in [5.74, 6) is 0.734. The van der Waals surface area contributed by atoms with Crippen LogP contribution in [0.15, 0.2) is 0 Å². The molecule has 1 atom stereocenters. The van der Waals surface area contributed by atoms with E-state index < -0.39 is 5.60 Å². The van der Waals surface area contributed by atoms with Crippen LogP contribution in [0.2, 0.25) is 0 Å². The summed E-state index contributed by atoms with van der Waals surface area (Å²) in [6.45, 7) is 13.4. The summed E-state index contributed by atoms with van der Waals surface area (Å²) in [4.78, 5) is 14.2. The van der Waals surface area contributed by atoms with Gasteiger partial charge < -0.3 is 19.7 Å². The molecule has 23 heavy (non-hydrogen) atoms. The first kappa shape index (κ1) is 18.5. The lowest BCUT2D eigenvalue weighted by Crippen LogP contribution is -2.50. The van der Waals surface area contributed by atoms with Gasteiger partial charge in [0, 0.05) is 32.8 Å². The lowest BCUT2D eigenvalue weighted by Gasteiger charge is -2.41. The molecule has 0 aromatic carbocycles. The van der Waals surface area contributed by atoms with Crippen molar-refractivity contribution < 1.29 is 14.3 Å². The molecule has 2 saturated heterocycles. The van der Waals surface area contributed by atoms with Crippen molar-refractivity contribution in [3.8, 4) is 0 Å². The third kappa shape index (κ3) is 6.30. The van der Waals surface area contributed by atoms with Gasteiger partial charge in [-0.3, -0.25) is 0 Å². The zero-order chi connectivity index (χ0) is 16.9. The number of rotatable bonds is 4. The minimum absolute atomic E-state index is 0.139. The standard InChI is InChI=1S/C18H34N2O3/c1-17(2,3)23-16(21)20-9-5-8-18(4,14-20)13-19-12-15-6-10-22-11-7-15/h15,19H,5-14H2,1-4H3. The Bertz CT molecular complexity index is 388. The summed E-state index contributed by atoms with van der Waals surface area (Å²) in [6.07, 6.45) is 4.36. The smallest absolute Gasteiger partial charge is 0.410 e. The molecule has 134 valence electrons. The molecule has 2 fully saturated rings. The van der Waals surface area contributed by atoms with Crippen LogP contribution in [0.5, 0.6) is 0 Å². The second-order valence-electron chi connectivity index (χ2n) is 8.50. The minimum atomic E-state index is -0.424. The van der Waals surface area contributed by atoms with Gasteiger partial charge in [0.25, 0.3) is 0 Å². The number of nitrogens with zero attached hydrogens (tertiary/aromatic N) is 1. The van der Waals surface area contributed by atoms with E-state index in [0.29, 0.717) is 0 Å². The molecule has 2 rings (SSSR count). The number of amides is 1. The maximum atomic E-state index is 12.3. The van der Waals surface area contributed by atoms with Crippen LogP contribution in [-0.4, -0.2) is 56.0 Å². The van der Waals surface area contributed by atoms with Gasteiger partial charge in [-0.15, -0.1) is 0 Å². The van der Waals surface area contributed by atoms with Gasteiger partial charge in [-0.2, -0.15) is 0 Å². The molecule has 2 aliphatic rings. The molecule has 0 aromatic rings. The first-order chi connectivity index (χ1) is 10.8. The molecule has 1 amide bonds. The third-order valence-corrected chi connectivity index (χ3v) is 4.76. The molecule has 0 saturated carbocycles. The molecule has 2 heterocycles. The monoisotopic (exact) mass is 326 g/mol. The molecule has 1 N–H and O–H groups in total. The Balaban J connectivity index is 1.77. The van der Waals surface area contributed by atoms with Gasteiger partial charge in [0.1, 0.15) is 5.60 Å². The van der Waals surface area contributed by atoms with Crippen molar-refractivity contribution in [2.24, 2.45) is 11.3 Å². The van der Waals surface area contributed by atoms with Gasteiger partial charge in [-0.25, -0.2) is 4.79 Å². The number of hydrogen-bond acceptors (Lipinski definition) is 4. The van der Waals surface area contributed by atoms with Crippen LogP contribution in [0.25, 0.3) is 0 Å². The largest absolute Gasteiger partial charge is 0.444 e. The highest BCUT2D eigenvalue weighted by molar-refractivity contribution is 5.68. The van der Waals surface area contributed by atoms with E-state index in [1.807, 2.05) is 25.7 Å². The number of nitrogens with one attached hydrogen (secondary N) is 1. The minimum Gasteiger partial charge on any atom is -0.444 e. The Morgan fingerprint density at radius 2 is 2.04 bits per heavy atom. The highest BCUT2D eigenvalue weighted by atomic mass is 16.6. The molecule has 5 heteroatoms. The summed E-state index contributed by atoms with van der Waals surface area (Å²) in [5.41, 5.74) is -0.285. The van der Waals surface area contributed by atoms with Crippen LogP contribution in [0.1, 0.15) is 53.4 Å². The number of carbonyl (C=O) groups is 1. The molecule has 0 bridgehead atoms. The van der Waals surface area contributed by atoms with Crippen molar-refractivity contribution in [2.45, 2.75) is 59.0 Å².